The van der Waals surface area contributed by atoms with Gasteiger partial charge in [-0.2, -0.15) is 5.26 Å². The zero-order chi connectivity index (χ0) is 32.9. The fourth-order valence-corrected chi connectivity index (χ4v) is 6.33. The van der Waals surface area contributed by atoms with Crippen molar-refractivity contribution in [1.29, 1.82) is 5.26 Å². The van der Waals surface area contributed by atoms with E-state index in [9.17, 15) is 24.4 Å². The number of carbonyl (C=O) groups excluding carboxylic acids is 4. The molecule has 6 rings (SSSR count). The summed E-state index contributed by atoms with van der Waals surface area (Å²) in [6.07, 6.45) is -0.0864. The van der Waals surface area contributed by atoms with E-state index < -0.39 is 29.6 Å². The van der Waals surface area contributed by atoms with Gasteiger partial charge in [0.25, 0.3) is 0 Å². The molecule has 0 saturated carbocycles. The summed E-state index contributed by atoms with van der Waals surface area (Å²) in [5.41, 5.74) is 5.33. The minimum absolute atomic E-state index is 0.0864. The van der Waals surface area contributed by atoms with Crippen LogP contribution in [0.25, 0.3) is 22.4 Å². The molecule has 230 valence electrons. The van der Waals surface area contributed by atoms with Gasteiger partial charge in [0.05, 0.1) is 27.8 Å². The minimum Gasteiger partial charge on any atom is -0.454 e. The molecular weight excluding hydrogens is 611 g/mol. The first kappa shape index (κ1) is 31.1. The van der Waals surface area contributed by atoms with Crippen molar-refractivity contribution in [3.63, 3.8) is 0 Å². The number of ketones is 1. The van der Waals surface area contributed by atoms with Crippen molar-refractivity contribution in [2.45, 2.75) is 23.6 Å². The summed E-state index contributed by atoms with van der Waals surface area (Å²) in [7, 11) is 0. The second kappa shape index (κ2) is 13.6. The molecule has 47 heavy (non-hydrogen) atoms. The lowest BCUT2D eigenvalue weighted by Crippen LogP contribution is -2.31. The lowest BCUT2D eigenvalue weighted by molar-refractivity contribution is -0.121. The molecule has 8 nitrogen and oxygen atoms in total. The number of esters is 1. The molecule has 1 aliphatic heterocycles. The molecule has 2 heterocycles. The van der Waals surface area contributed by atoms with Crippen LogP contribution in [0.3, 0.4) is 0 Å². The van der Waals surface area contributed by atoms with Crippen LogP contribution in [0.5, 0.6) is 0 Å². The molecule has 1 saturated heterocycles. The van der Waals surface area contributed by atoms with E-state index in [4.69, 9.17) is 9.72 Å². The topological polar surface area (TPSA) is 117 Å². The molecular formula is C38H27N3O5S. The molecule has 1 atom stereocenters. The van der Waals surface area contributed by atoms with Crippen LogP contribution in [0, 0.1) is 18.3 Å². The Labute approximate surface area is 275 Å². The number of amides is 2. The highest BCUT2D eigenvalue weighted by molar-refractivity contribution is 8.00. The average Bonchev–Trinajstić information content (AvgIpc) is 3.39. The van der Waals surface area contributed by atoms with Gasteiger partial charge in [-0.25, -0.2) is 14.7 Å². The van der Waals surface area contributed by atoms with E-state index >= 15 is 0 Å². The van der Waals surface area contributed by atoms with Crippen LogP contribution in [0.4, 0.5) is 5.69 Å². The van der Waals surface area contributed by atoms with E-state index in [1.165, 1.54) is 24.3 Å². The number of nitriles is 1. The standard InChI is InChI=1S/C38H27N3O5S/c1-24-12-14-25(15-13-24)30-20-32(26-8-4-2-5-9-26)40-36(31(30)22-39)47-34-21-35(43)41(37(34)44)29-18-16-28(17-19-29)38(45)46-23-33(42)27-10-6-3-7-11-27/h2-20,34H,21,23H2,1H3. The highest BCUT2D eigenvalue weighted by Gasteiger charge is 2.41. The maximum absolute atomic E-state index is 13.6. The predicted octanol–water partition coefficient (Wildman–Crippen LogP) is 7.06. The number of ether oxygens (including phenoxy) is 1. The van der Waals surface area contributed by atoms with E-state index in [0.717, 1.165) is 33.4 Å². The van der Waals surface area contributed by atoms with Crippen LogP contribution in [-0.4, -0.2) is 40.4 Å². The Morgan fingerprint density at radius 3 is 2.19 bits per heavy atom. The zero-order valence-electron chi connectivity index (χ0n) is 25.3. The molecule has 0 bridgehead atoms. The van der Waals surface area contributed by atoms with Crippen molar-refractivity contribution in [1.82, 2.24) is 4.98 Å². The number of hydrogen-bond donors (Lipinski definition) is 0. The lowest BCUT2D eigenvalue weighted by atomic mass is 9.98. The average molecular weight is 638 g/mol. The fraction of sp³-hybridized carbons (Fsp3) is 0.105. The summed E-state index contributed by atoms with van der Waals surface area (Å²) in [5.74, 6) is -1.89. The Hall–Kier alpha value is -5.85. The Bertz CT molecular complexity index is 2020. The normalized spacial score (nSPS) is 14.1. The van der Waals surface area contributed by atoms with Gasteiger partial charge >= 0.3 is 5.97 Å². The number of anilines is 1. The molecule has 0 radical (unpaired) electrons. The smallest absolute Gasteiger partial charge is 0.338 e. The molecule has 1 aromatic heterocycles. The fourth-order valence-electron chi connectivity index (χ4n) is 5.20. The molecule has 0 N–H and O–H groups in total. The van der Waals surface area contributed by atoms with Crippen molar-refractivity contribution in [3.8, 4) is 28.5 Å². The van der Waals surface area contributed by atoms with Crippen molar-refractivity contribution >= 4 is 41.0 Å². The first-order chi connectivity index (χ1) is 22.8. The monoisotopic (exact) mass is 637 g/mol. The highest BCUT2D eigenvalue weighted by Crippen LogP contribution is 2.39. The van der Waals surface area contributed by atoms with Gasteiger partial charge in [0.15, 0.2) is 12.4 Å². The van der Waals surface area contributed by atoms with E-state index in [1.54, 1.807) is 30.3 Å². The molecule has 5 aromatic rings. The first-order valence-corrected chi connectivity index (χ1v) is 15.7. The van der Waals surface area contributed by atoms with Crippen molar-refractivity contribution in [3.05, 3.63) is 138 Å². The maximum atomic E-state index is 13.6. The first-order valence-electron chi connectivity index (χ1n) is 14.8. The second-order valence-electron chi connectivity index (χ2n) is 10.9. The summed E-state index contributed by atoms with van der Waals surface area (Å²) in [5, 5.41) is 9.82. The van der Waals surface area contributed by atoms with Gasteiger partial charge in [-0.1, -0.05) is 102 Å². The van der Waals surface area contributed by atoms with Crippen molar-refractivity contribution < 1.29 is 23.9 Å². The molecule has 1 unspecified atom stereocenters. The number of aromatic nitrogens is 1. The zero-order valence-corrected chi connectivity index (χ0v) is 26.1. The summed E-state index contributed by atoms with van der Waals surface area (Å²) in [6, 6.07) is 35.9. The molecule has 1 fully saturated rings. The highest BCUT2D eigenvalue weighted by atomic mass is 32.2. The van der Waals surface area contributed by atoms with E-state index in [1.807, 2.05) is 67.6 Å². The lowest BCUT2D eigenvalue weighted by Gasteiger charge is -2.16. The molecule has 4 aromatic carbocycles. The largest absolute Gasteiger partial charge is 0.454 e. The number of nitrogens with zero attached hydrogens (tertiary/aromatic N) is 3. The van der Waals surface area contributed by atoms with Gasteiger partial charge in [-0.05, 0) is 42.8 Å². The SMILES string of the molecule is Cc1ccc(-c2cc(-c3ccccc3)nc(SC3CC(=O)N(c4ccc(C(=O)OCC(=O)c5ccccc5)cc4)C3=O)c2C#N)cc1. The Morgan fingerprint density at radius 1 is 0.872 bits per heavy atom. The summed E-state index contributed by atoms with van der Waals surface area (Å²) < 4.78 is 5.17. The van der Waals surface area contributed by atoms with Crippen LogP contribution in [-0.2, 0) is 14.3 Å². The quantitative estimate of drug-likeness (QED) is 0.0958. The number of imide groups is 1. The third-order valence-corrected chi connectivity index (χ3v) is 8.85. The van der Waals surface area contributed by atoms with Gasteiger partial charge < -0.3 is 4.74 Å². The number of benzene rings is 4. The number of hydrogen-bond acceptors (Lipinski definition) is 8. The third-order valence-electron chi connectivity index (χ3n) is 7.68. The predicted molar refractivity (Wildman–Crippen MR) is 179 cm³/mol. The van der Waals surface area contributed by atoms with Gasteiger partial charge in [-0.3, -0.25) is 14.4 Å². The van der Waals surface area contributed by atoms with E-state index in [0.29, 0.717) is 33.1 Å². The molecule has 9 heteroatoms. The van der Waals surface area contributed by atoms with E-state index in [-0.39, 0.29) is 17.8 Å². The van der Waals surface area contributed by atoms with Crippen LogP contribution < -0.4 is 4.90 Å². The second-order valence-corrected chi connectivity index (χ2v) is 12.1. The van der Waals surface area contributed by atoms with Crippen molar-refractivity contribution in [2.75, 3.05) is 11.5 Å². The Balaban J connectivity index is 1.22. The maximum Gasteiger partial charge on any atom is 0.338 e. The van der Waals surface area contributed by atoms with Crippen LogP contribution in [0.1, 0.15) is 38.3 Å². The summed E-state index contributed by atoms with van der Waals surface area (Å²) in [4.78, 5) is 57.6. The van der Waals surface area contributed by atoms with Crippen LogP contribution in [0.15, 0.2) is 120 Å². The van der Waals surface area contributed by atoms with Crippen molar-refractivity contribution in [2.24, 2.45) is 0 Å². The Morgan fingerprint density at radius 2 is 1.53 bits per heavy atom. The molecule has 1 aliphatic rings. The number of pyridine rings is 1. The molecule has 0 spiro atoms. The van der Waals surface area contributed by atoms with Gasteiger partial charge in [0, 0.05) is 23.1 Å². The number of aryl methyl sites for hydroxylation is 1. The number of rotatable bonds is 9. The number of carbonyl (C=O) groups is 4. The molecule has 2 amide bonds. The van der Waals surface area contributed by atoms with Gasteiger partial charge in [0.2, 0.25) is 11.8 Å². The van der Waals surface area contributed by atoms with E-state index in [2.05, 4.69) is 6.07 Å². The van der Waals surface area contributed by atoms with Gasteiger partial charge in [0.1, 0.15) is 11.1 Å². The summed E-state index contributed by atoms with van der Waals surface area (Å²) >= 11 is 1.10. The van der Waals surface area contributed by atoms with Crippen LogP contribution in [0.2, 0.25) is 0 Å². The minimum atomic E-state index is -0.812. The summed E-state index contributed by atoms with van der Waals surface area (Å²) in [6.45, 7) is 1.57. The third kappa shape index (κ3) is 6.73. The number of Topliss-reactive ketones (excluding diaryl/α,β-unsaturated/α-hetero) is 1. The van der Waals surface area contributed by atoms with Crippen LogP contribution >= 0.6 is 11.8 Å². The molecule has 0 aliphatic carbocycles. The number of thioether (sulfide) groups is 1. The Kier molecular flexibility index (Phi) is 9.04. The van der Waals surface area contributed by atoms with Gasteiger partial charge in [-0.15, -0.1) is 0 Å².